The molecule has 0 spiro atoms. The van der Waals surface area contributed by atoms with E-state index in [9.17, 15) is 23.3 Å². The van der Waals surface area contributed by atoms with Gasteiger partial charge in [0.2, 0.25) is 15.7 Å². The van der Waals surface area contributed by atoms with Crippen LogP contribution in [0.15, 0.2) is 88.7 Å². The Labute approximate surface area is 195 Å². The fraction of sp³-hybridized carbons (Fsp3) is 0.0833. The number of benzene rings is 3. The van der Waals surface area contributed by atoms with Gasteiger partial charge >= 0.3 is 5.97 Å². The number of carbonyl (C=O) groups excluding carboxylic acids is 1. The number of hydrogen-bond acceptors (Lipinski definition) is 7. The minimum Gasteiger partial charge on any atom is -0.402 e. The van der Waals surface area contributed by atoms with Gasteiger partial charge in [-0.3, -0.25) is 10.1 Å². The van der Waals surface area contributed by atoms with E-state index >= 15 is 0 Å². The second-order valence-electron chi connectivity index (χ2n) is 7.48. The maximum Gasteiger partial charge on any atom is 0.344 e. The summed E-state index contributed by atoms with van der Waals surface area (Å²) in [4.78, 5) is 22.8. The topological polar surface area (TPSA) is 121 Å². The molecule has 0 fully saturated rings. The second-order valence-corrected chi connectivity index (χ2v) is 9.37. The highest BCUT2D eigenvalue weighted by Gasteiger charge is 2.32. The molecular formula is C24H19N3O6S. The molecule has 0 aliphatic carbocycles. The predicted molar refractivity (Wildman–Crippen MR) is 123 cm³/mol. The summed E-state index contributed by atoms with van der Waals surface area (Å²) >= 11 is 0. The van der Waals surface area contributed by atoms with Crippen molar-refractivity contribution in [1.82, 2.24) is 9.78 Å². The first-order valence-electron chi connectivity index (χ1n) is 10.1. The molecule has 0 amide bonds. The van der Waals surface area contributed by atoms with E-state index in [-0.39, 0.29) is 32.6 Å². The van der Waals surface area contributed by atoms with Gasteiger partial charge in [0, 0.05) is 12.1 Å². The maximum atomic E-state index is 13.6. The Kier molecular flexibility index (Phi) is 5.99. The van der Waals surface area contributed by atoms with E-state index in [1.807, 2.05) is 13.0 Å². The van der Waals surface area contributed by atoms with Crippen LogP contribution < -0.4 is 4.74 Å². The number of rotatable bonds is 6. The van der Waals surface area contributed by atoms with Crippen LogP contribution in [0.3, 0.4) is 0 Å². The molecule has 1 aromatic heterocycles. The van der Waals surface area contributed by atoms with E-state index in [1.165, 1.54) is 11.6 Å². The fourth-order valence-electron chi connectivity index (χ4n) is 3.42. The summed E-state index contributed by atoms with van der Waals surface area (Å²) in [7, 11) is -4.25. The Morgan fingerprint density at radius 1 is 0.971 bits per heavy atom. The molecule has 172 valence electrons. The third-order valence-corrected chi connectivity index (χ3v) is 6.94. The van der Waals surface area contributed by atoms with Gasteiger partial charge < -0.3 is 4.74 Å². The van der Waals surface area contributed by atoms with Crippen molar-refractivity contribution in [2.45, 2.75) is 23.6 Å². The smallest absolute Gasteiger partial charge is 0.344 e. The zero-order chi connectivity index (χ0) is 24.5. The minimum atomic E-state index is -4.25. The molecular weight excluding hydrogens is 458 g/mol. The van der Waals surface area contributed by atoms with Crippen LogP contribution in [0, 0.1) is 24.0 Å². The van der Waals surface area contributed by atoms with Crippen molar-refractivity contribution in [3.63, 3.8) is 0 Å². The van der Waals surface area contributed by atoms with Crippen molar-refractivity contribution >= 4 is 21.5 Å². The number of aromatic nitrogens is 2. The van der Waals surface area contributed by atoms with Gasteiger partial charge in [-0.15, -0.1) is 0 Å². The highest BCUT2D eigenvalue weighted by atomic mass is 32.2. The Balaban J connectivity index is 1.87. The van der Waals surface area contributed by atoms with Crippen molar-refractivity contribution in [3.8, 4) is 11.6 Å². The highest BCUT2D eigenvalue weighted by molar-refractivity contribution is 7.91. The lowest BCUT2D eigenvalue weighted by atomic mass is 10.1. The van der Waals surface area contributed by atoms with E-state index in [0.717, 1.165) is 29.8 Å². The van der Waals surface area contributed by atoms with Crippen LogP contribution in [0.5, 0.6) is 5.88 Å². The predicted octanol–water partition coefficient (Wildman–Crippen LogP) is 4.45. The Morgan fingerprint density at radius 3 is 2.26 bits per heavy atom. The van der Waals surface area contributed by atoms with Crippen LogP contribution >= 0.6 is 0 Å². The first kappa shape index (κ1) is 22.9. The van der Waals surface area contributed by atoms with Crippen LogP contribution in [0.4, 0.5) is 5.69 Å². The molecule has 0 aliphatic heterocycles. The highest BCUT2D eigenvalue weighted by Crippen LogP contribution is 2.35. The minimum absolute atomic E-state index is 0.106. The molecule has 3 aromatic carbocycles. The summed E-state index contributed by atoms with van der Waals surface area (Å²) in [6.07, 6.45) is 0. The SMILES string of the molecule is Cc1cccc(C(=O)Oc2c(S(=O)(=O)c3ccc([N+](=O)[O-])cc3)c(C)nn2-c2ccccc2)c1. The summed E-state index contributed by atoms with van der Waals surface area (Å²) in [6, 6.07) is 19.8. The van der Waals surface area contributed by atoms with E-state index in [0.29, 0.717) is 5.69 Å². The van der Waals surface area contributed by atoms with E-state index in [4.69, 9.17) is 4.74 Å². The third kappa shape index (κ3) is 4.30. The Morgan fingerprint density at radius 2 is 1.65 bits per heavy atom. The summed E-state index contributed by atoms with van der Waals surface area (Å²) in [5, 5.41) is 15.3. The zero-order valence-corrected chi connectivity index (χ0v) is 19.0. The average molecular weight is 477 g/mol. The molecule has 9 nitrogen and oxygen atoms in total. The molecule has 34 heavy (non-hydrogen) atoms. The van der Waals surface area contributed by atoms with Gasteiger partial charge in [0.25, 0.3) is 5.69 Å². The van der Waals surface area contributed by atoms with Crippen LogP contribution in [0.2, 0.25) is 0 Å². The summed E-state index contributed by atoms with van der Waals surface area (Å²) in [6.45, 7) is 3.31. The van der Waals surface area contributed by atoms with E-state index in [1.54, 1.807) is 48.5 Å². The van der Waals surface area contributed by atoms with E-state index < -0.39 is 20.7 Å². The average Bonchev–Trinajstić information content (AvgIpc) is 3.16. The first-order chi connectivity index (χ1) is 16.2. The van der Waals surface area contributed by atoms with Gasteiger partial charge in [0.1, 0.15) is 0 Å². The molecule has 10 heteroatoms. The standard InChI is InChI=1S/C24H19N3O6S/c1-16-7-6-8-18(15-16)24(28)33-23-22(17(2)25-26(23)19-9-4-3-5-10-19)34(31,32)21-13-11-20(12-14-21)27(29)30/h3-15H,1-2H3. The number of nitrogens with zero attached hydrogens (tertiary/aromatic N) is 3. The zero-order valence-electron chi connectivity index (χ0n) is 18.2. The van der Waals surface area contributed by atoms with E-state index in [2.05, 4.69) is 5.10 Å². The fourth-order valence-corrected chi connectivity index (χ4v) is 4.94. The second kappa shape index (κ2) is 8.91. The number of hydrogen-bond donors (Lipinski definition) is 0. The Hall–Kier alpha value is -4.31. The maximum absolute atomic E-state index is 13.6. The number of non-ortho nitro benzene ring substituents is 1. The van der Waals surface area contributed by atoms with Gasteiger partial charge in [0.05, 0.1) is 26.8 Å². The number of ether oxygens (including phenoxy) is 1. The monoisotopic (exact) mass is 477 g/mol. The third-order valence-electron chi connectivity index (χ3n) is 5.04. The normalized spacial score (nSPS) is 11.2. The lowest BCUT2D eigenvalue weighted by Crippen LogP contribution is -2.14. The van der Waals surface area contributed by atoms with Gasteiger partial charge in [-0.1, -0.05) is 35.9 Å². The van der Waals surface area contributed by atoms with Gasteiger partial charge in [-0.25, -0.2) is 13.2 Å². The van der Waals surface area contributed by atoms with Crippen LogP contribution in [0.25, 0.3) is 5.69 Å². The largest absolute Gasteiger partial charge is 0.402 e. The van der Waals surface area contributed by atoms with Crippen molar-refractivity contribution in [3.05, 3.63) is 106 Å². The molecule has 0 saturated carbocycles. The van der Waals surface area contributed by atoms with Crippen molar-refractivity contribution in [2.75, 3.05) is 0 Å². The lowest BCUT2D eigenvalue weighted by Gasteiger charge is -2.11. The van der Waals surface area contributed by atoms with Crippen molar-refractivity contribution in [2.24, 2.45) is 0 Å². The molecule has 0 bridgehead atoms. The first-order valence-corrected chi connectivity index (χ1v) is 11.6. The number of nitro groups is 1. The lowest BCUT2D eigenvalue weighted by molar-refractivity contribution is -0.384. The van der Waals surface area contributed by atoms with Gasteiger partial charge in [0.15, 0.2) is 4.90 Å². The van der Waals surface area contributed by atoms with Crippen molar-refractivity contribution < 1.29 is 22.9 Å². The number of aryl methyl sites for hydroxylation is 2. The molecule has 4 aromatic rings. The molecule has 0 aliphatic rings. The molecule has 0 atom stereocenters. The number of nitro benzene ring substituents is 1. The van der Waals surface area contributed by atoms with Crippen LogP contribution in [-0.4, -0.2) is 29.1 Å². The van der Waals surface area contributed by atoms with Gasteiger partial charge in [-0.2, -0.15) is 9.78 Å². The number of sulfone groups is 1. The summed E-state index contributed by atoms with van der Waals surface area (Å²) in [5.41, 5.74) is 1.43. The molecule has 0 radical (unpaired) electrons. The summed E-state index contributed by atoms with van der Waals surface area (Å²) in [5.74, 6) is -1.02. The number of para-hydroxylation sites is 1. The quantitative estimate of drug-likeness (QED) is 0.228. The number of esters is 1. The Bertz CT molecular complexity index is 1490. The van der Waals surface area contributed by atoms with Crippen LogP contribution in [0.1, 0.15) is 21.6 Å². The molecule has 0 unspecified atom stereocenters. The molecule has 1 heterocycles. The molecule has 4 rings (SSSR count). The van der Waals surface area contributed by atoms with Gasteiger partial charge in [-0.05, 0) is 50.2 Å². The summed E-state index contributed by atoms with van der Waals surface area (Å²) < 4.78 is 34.0. The molecule has 0 N–H and O–H groups in total. The number of carbonyl (C=O) groups is 1. The molecule has 0 saturated heterocycles. The van der Waals surface area contributed by atoms with Crippen molar-refractivity contribution in [1.29, 1.82) is 0 Å². The van der Waals surface area contributed by atoms with Crippen LogP contribution in [-0.2, 0) is 9.84 Å².